The highest BCUT2D eigenvalue weighted by Gasteiger charge is 2.42. The number of likely N-dealkylation sites (tertiary alicyclic amines) is 1. The zero-order valence-corrected chi connectivity index (χ0v) is 17.0. The molecule has 158 valence electrons. The van der Waals surface area contributed by atoms with Crippen LogP contribution in [-0.2, 0) is 14.4 Å². The second kappa shape index (κ2) is 8.39. The van der Waals surface area contributed by atoms with Crippen LogP contribution in [0.4, 0.5) is 4.39 Å². The first kappa shape index (κ1) is 21.1. The molecule has 0 spiro atoms. The van der Waals surface area contributed by atoms with Gasteiger partial charge in [-0.3, -0.25) is 19.7 Å². The van der Waals surface area contributed by atoms with E-state index in [0.29, 0.717) is 19.5 Å². The quantitative estimate of drug-likeness (QED) is 0.734. The molecule has 1 N–H and O–H groups in total. The summed E-state index contributed by atoms with van der Waals surface area (Å²) in [6.07, 6.45) is 2.23. The third-order valence-electron chi connectivity index (χ3n) is 6.03. The zero-order valence-electron chi connectivity index (χ0n) is 17.0. The van der Waals surface area contributed by atoms with Crippen LogP contribution in [0.15, 0.2) is 12.1 Å². The van der Waals surface area contributed by atoms with E-state index in [-0.39, 0.29) is 48.0 Å². The van der Waals surface area contributed by atoms with E-state index < -0.39 is 11.2 Å². The summed E-state index contributed by atoms with van der Waals surface area (Å²) in [5.74, 6) is -0.631. The molecule has 2 aliphatic heterocycles. The molecule has 3 rings (SSSR count). The van der Waals surface area contributed by atoms with Crippen LogP contribution < -0.4 is 14.8 Å². The zero-order chi connectivity index (χ0) is 21.2. The van der Waals surface area contributed by atoms with Crippen LogP contribution in [0, 0.1) is 11.2 Å². The molecule has 0 saturated carbocycles. The van der Waals surface area contributed by atoms with Gasteiger partial charge in [0.05, 0.1) is 19.6 Å². The van der Waals surface area contributed by atoms with Crippen molar-refractivity contribution >= 4 is 17.7 Å². The molecular weight excluding hydrogens is 379 g/mol. The molecule has 2 fully saturated rings. The summed E-state index contributed by atoms with van der Waals surface area (Å²) < 4.78 is 24.3. The molecule has 2 saturated heterocycles. The van der Waals surface area contributed by atoms with Crippen LogP contribution in [-0.4, -0.2) is 49.9 Å². The monoisotopic (exact) mass is 406 g/mol. The Labute approximate surface area is 169 Å². The third kappa shape index (κ3) is 4.36. The number of carbonyl (C=O) groups excluding carboxylic acids is 3. The number of carbonyl (C=O) groups is 3. The van der Waals surface area contributed by atoms with Crippen LogP contribution in [0.1, 0.15) is 50.5 Å². The van der Waals surface area contributed by atoms with Gasteiger partial charge in [0.2, 0.25) is 23.5 Å². The Kier molecular flexibility index (Phi) is 6.10. The minimum absolute atomic E-state index is 0.00825. The SMILES string of the molecule is COc1cc(C2CCN(C(=O)CC[C@@]3(C)CC(=O)NC3=O)CC2)cc(OC)c1F. The number of imide groups is 1. The topological polar surface area (TPSA) is 84.9 Å². The van der Waals surface area contributed by atoms with E-state index in [9.17, 15) is 18.8 Å². The molecule has 3 amide bonds. The maximum atomic E-state index is 14.1. The highest BCUT2D eigenvalue weighted by molar-refractivity contribution is 6.05. The molecule has 8 heteroatoms. The summed E-state index contributed by atoms with van der Waals surface area (Å²) in [6.45, 7) is 2.91. The molecule has 2 heterocycles. The number of piperidine rings is 1. The fourth-order valence-corrected chi connectivity index (χ4v) is 4.09. The van der Waals surface area contributed by atoms with E-state index in [1.165, 1.54) is 14.2 Å². The van der Waals surface area contributed by atoms with Gasteiger partial charge in [-0.2, -0.15) is 4.39 Å². The Balaban J connectivity index is 1.57. The van der Waals surface area contributed by atoms with E-state index in [1.54, 1.807) is 24.0 Å². The van der Waals surface area contributed by atoms with Crippen molar-refractivity contribution in [3.05, 3.63) is 23.5 Å². The fraction of sp³-hybridized carbons (Fsp3) is 0.571. The van der Waals surface area contributed by atoms with Crippen LogP contribution in [0.2, 0.25) is 0 Å². The third-order valence-corrected chi connectivity index (χ3v) is 6.03. The van der Waals surface area contributed by atoms with Crippen molar-refractivity contribution < 1.29 is 28.2 Å². The first-order chi connectivity index (χ1) is 13.8. The van der Waals surface area contributed by atoms with E-state index in [1.807, 2.05) is 0 Å². The molecule has 29 heavy (non-hydrogen) atoms. The Hall–Kier alpha value is -2.64. The maximum absolute atomic E-state index is 14.1. The highest BCUT2D eigenvalue weighted by Crippen LogP contribution is 2.37. The summed E-state index contributed by atoms with van der Waals surface area (Å²) in [5, 5.41) is 2.31. The number of rotatable bonds is 6. The molecule has 1 aromatic rings. The lowest BCUT2D eigenvalue weighted by atomic mass is 9.83. The van der Waals surface area contributed by atoms with Crippen molar-refractivity contribution in [3.8, 4) is 11.5 Å². The van der Waals surface area contributed by atoms with Crippen molar-refractivity contribution in [3.63, 3.8) is 0 Å². The smallest absolute Gasteiger partial charge is 0.233 e. The highest BCUT2D eigenvalue weighted by atomic mass is 19.1. The standard InChI is InChI=1S/C21H27FN2O5/c1-21(12-17(25)23-20(21)27)7-4-18(26)24-8-5-13(6-9-24)14-10-15(28-2)19(22)16(11-14)29-3/h10-11,13H,4-9,12H2,1-3H3,(H,23,25,27)/t21-/m0/s1. The van der Waals surface area contributed by atoms with Crippen LogP contribution in [0.25, 0.3) is 0 Å². The summed E-state index contributed by atoms with van der Waals surface area (Å²) in [6, 6.07) is 3.38. The lowest BCUT2D eigenvalue weighted by molar-refractivity contribution is -0.133. The minimum atomic E-state index is -0.799. The molecule has 0 bridgehead atoms. The summed E-state index contributed by atoms with van der Waals surface area (Å²) in [4.78, 5) is 37.7. The number of benzene rings is 1. The Morgan fingerprint density at radius 2 is 1.79 bits per heavy atom. The molecule has 2 aliphatic rings. The van der Waals surface area contributed by atoms with E-state index in [2.05, 4.69) is 5.32 Å². The van der Waals surface area contributed by atoms with Gasteiger partial charge in [0, 0.05) is 25.9 Å². The predicted molar refractivity (Wildman–Crippen MR) is 103 cm³/mol. The van der Waals surface area contributed by atoms with E-state index >= 15 is 0 Å². The van der Waals surface area contributed by atoms with Gasteiger partial charge in [-0.1, -0.05) is 6.92 Å². The van der Waals surface area contributed by atoms with Crippen LogP contribution in [0.5, 0.6) is 11.5 Å². The number of nitrogens with zero attached hydrogens (tertiary/aromatic N) is 1. The van der Waals surface area contributed by atoms with Gasteiger partial charge in [0.25, 0.3) is 0 Å². The minimum Gasteiger partial charge on any atom is -0.494 e. The molecule has 0 radical (unpaired) electrons. The van der Waals surface area contributed by atoms with Gasteiger partial charge in [-0.25, -0.2) is 0 Å². The Morgan fingerprint density at radius 3 is 2.28 bits per heavy atom. The summed E-state index contributed by atoms with van der Waals surface area (Å²) in [5.41, 5.74) is 0.132. The molecular formula is C21H27FN2O5. The van der Waals surface area contributed by atoms with Gasteiger partial charge < -0.3 is 14.4 Å². The number of methoxy groups -OCH3 is 2. The number of amides is 3. The van der Waals surface area contributed by atoms with Crippen molar-refractivity contribution in [1.82, 2.24) is 10.2 Å². The molecule has 7 nitrogen and oxygen atoms in total. The predicted octanol–water partition coefficient (Wildman–Crippen LogP) is 2.38. The molecule has 0 aromatic heterocycles. The van der Waals surface area contributed by atoms with Crippen LogP contribution in [0.3, 0.4) is 0 Å². The lowest BCUT2D eigenvalue weighted by Crippen LogP contribution is -2.39. The maximum Gasteiger partial charge on any atom is 0.233 e. The first-order valence-corrected chi connectivity index (χ1v) is 9.81. The fourth-order valence-electron chi connectivity index (χ4n) is 4.09. The second-order valence-corrected chi connectivity index (χ2v) is 8.01. The molecule has 1 aromatic carbocycles. The van der Waals surface area contributed by atoms with Gasteiger partial charge >= 0.3 is 0 Å². The second-order valence-electron chi connectivity index (χ2n) is 8.01. The lowest BCUT2D eigenvalue weighted by Gasteiger charge is -2.33. The van der Waals surface area contributed by atoms with Crippen molar-refractivity contribution in [1.29, 1.82) is 0 Å². The van der Waals surface area contributed by atoms with Gasteiger partial charge in [-0.05, 0) is 42.9 Å². The number of hydrogen-bond donors (Lipinski definition) is 1. The van der Waals surface area contributed by atoms with Gasteiger partial charge in [0.1, 0.15) is 0 Å². The molecule has 1 atom stereocenters. The van der Waals surface area contributed by atoms with Crippen molar-refractivity contribution in [2.75, 3.05) is 27.3 Å². The van der Waals surface area contributed by atoms with E-state index in [0.717, 1.165) is 18.4 Å². The number of hydrogen-bond acceptors (Lipinski definition) is 5. The number of nitrogens with one attached hydrogen (secondary N) is 1. The Morgan fingerprint density at radius 1 is 1.21 bits per heavy atom. The summed E-state index contributed by atoms with van der Waals surface area (Å²) in [7, 11) is 2.84. The molecule has 0 unspecified atom stereocenters. The average molecular weight is 406 g/mol. The normalized spacial score (nSPS) is 22.6. The van der Waals surface area contributed by atoms with Crippen LogP contribution >= 0.6 is 0 Å². The van der Waals surface area contributed by atoms with Gasteiger partial charge in [0.15, 0.2) is 11.5 Å². The van der Waals surface area contributed by atoms with Crippen molar-refractivity contribution in [2.45, 2.75) is 44.9 Å². The Bertz CT molecular complexity index is 794. The largest absolute Gasteiger partial charge is 0.494 e. The number of ether oxygens (including phenoxy) is 2. The average Bonchev–Trinajstić information content (AvgIpc) is 2.98. The summed E-state index contributed by atoms with van der Waals surface area (Å²) >= 11 is 0. The van der Waals surface area contributed by atoms with Crippen molar-refractivity contribution in [2.24, 2.45) is 5.41 Å². The van der Waals surface area contributed by atoms with E-state index in [4.69, 9.17) is 9.47 Å². The molecule has 0 aliphatic carbocycles. The number of halogens is 1. The van der Waals surface area contributed by atoms with Gasteiger partial charge in [-0.15, -0.1) is 0 Å². The first-order valence-electron chi connectivity index (χ1n) is 9.81.